The quantitative estimate of drug-likeness (QED) is 0.692. The van der Waals surface area contributed by atoms with Gasteiger partial charge < -0.3 is 15.0 Å². The molecule has 0 unspecified atom stereocenters. The van der Waals surface area contributed by atoms with Crippen LogP contribution in [0.1, 0.15) is 27.2 Å². The van der Waals surface area contributed by atoms with Gasteiger partial charge in [-0.2, -0.15) is 0 Å². The first-order valence-corrected chi connectivity index (χ1v) is 5.04. The number of ether oxygens (including phenoxy) is 1. The van der Waals surface area contributed by atoms with E-state index in [0.717, 1.165) is 19.5 Å². The smallest absolute Gasteiger partial charge is 0.407 e. The topological polar surface area (TPSA) is 41.6 Å². The fourth-order valence-electron chi connectivity index (χ4n) is 1.48. The zero-order chi connectivity index (χ0) is 10.8. The Morgan fingerprint density at radius 2 is 2.14 bits per heavy atom. The minimum atomic E-state index is -0.308. The van der Waals surface area contributed by atoms with Gasteiger partial charge in [-0.15, -0.1) is 0 Å². The third kappa shape index (κ3) is 3.96. The Morgan fingerprint density at radius 3 is 2.57 bits per heavy atom. The minimum absolute atomic E-state index is 0.0577. The van der Waals surface area contributed by atoms with Crippen LogP contribution in [0, 0.1) is 0 Å². The number of hydrogen-bond donors (Lipinski definition) is 1. The molecule has 1 aliphatic heterocycles. The molecule has 0 radical (unpaired) electrons. The summed E-state index contributed by atoms with van der Waals surface area (Å²) in [6, 6.07) is 0. The third-order valence-electron chi connectivity index (χ3n) is 2.10. The van der Waals surface area contributed by atoms with E-state index < -0.39 is 0 Å². The average Bonchev–Trinajstić information content (AvgIpc) is 2.30. The first-order chi connectivity index (χ1) is 6.37. The summed E-state index contributed by atoms with van der Waals surface area (Å²) in [5.74, 6) is 0. The monoisotopic (exact) mass is 200 g/mol. The third-order valence-corrected chi connectivity index (χ3v) is 2.10. The highest BCUT2D eigenvalue weighted by atomic mass is 16.6. The van der Waals surface area contributed by atoms with Gasteiger partial charge in [-0.05, 0) is 34.2 Å². The minimum Gasteiger partial charge on any atom is -0.445 e. The molecule has 0 spiro atoms. The van der Waals surface area contributed by atoms with Gasteiger partial charge in [0.15, 0.2) is 0 Å². The van der Waals surface area contributed by atoms with Crippen molar-refractivity contribution in [3.05, 3.63) is 0 Å². The van der Waals surface area contributed by atoms with Crippen LogP contribution in [0.5, 0.6) is 0 Å². The van der Waals surface area contributed by atoms with E-state index in [4.69, 9.17) is 4.74 Å². The maximum absolute atomic E-state index is 11.4. The highest BCUT2D eigenvalue weighted by Crippen LogP contribution is 2.11. The molecule has 1 atom stereocenters. The van der Waals surface area contributed by atoms with Crippen molar-refractivity contribution in [2.45, 2.75) is 38.8 Å². The molecule has 0 aromatic rings. The summed E-state index contributed by atoms with van der Waals surface area (Å²) in [6.07, 6.45) is 0.689. The number of carbonyl (C=O) groups is 1. The lowest BCUT2D eigenvalue weighted by molar-refractivity contribution is 0.0958. The van der Waals surface area contributed by atoms with Gasteiger partial charge in [0.1, 0.15) is 6.10 Å². The Morgan fingerprint density at radius 1 is 1.50 bits per heavy atom. The average molecular weight is 200 g/mol. The van der Waals surface area contributed by atoms with Gasteiger partial charge in [-0.1, -0.05) is 0 Å². The largest absolute Gasteiger partial charge is 0.445 e. The lowest BCUT2D eigenvalue weighted by atomic mass is 10.1. The number of likely N-dealkylation sites (tertiary alicyclic amines) is 1. The fourth-order valence-corrected chi connectivity index (χ4v) is 1.48. The molecule has 1 aliphatic rings. The summed E-state index contributed by atoms with van der Waals surface area (Å²) in [7, 11) is 2.03. The zero-order valence-electron chi connectivity index (χ0n) is 9.46. The number of likely N-dealkylation sites (N-methyl/N-ethyl adjacent to an activating group) is 1. The molecule has 0 saturated carbocycles. The summed E-state index contributed by atoms with van der Waals surface area (Å²) in [6.45, 7) is 7.67. The van der Waals surface area contributed by atoms with Gasteiger partial charge in [-0.3, -0.25) is 0 Å². The van der Waals surface area contributed by atoms with Crippen LogP contribution in [-0.4, -0.2) is 42.8 Å². The normalized spacial score (nSPS) is 23.6. The molecule has 1 amide bonds. The SMILES string of the molecule is CN1CC[C@H](OC(=O)NC(C)(C)C)C1. The van der Waals surface area contributed by atoms with Crippen molar-refractivity contribution in [1.29, 1.82) is 0 Å². The Bertz CT molecular complexity index is 211. The van der Waals surface area contributed by atoms with Gasteiger partial charge in [0, 0.05) is 18.6 Å². The van der Waals surface area contributed by atoms with Crippen LogP contribution >= 0.6 is 0 Å². The molecule has 0 aromatic carbocycles. The molecule has 0 aromatic heterocycles. The summed E-state index contributed by atoms with van der Waals surface area (Å²) >= 11 is 0. The van der Waals surface area contributed by atoms with E-state index in [9.17, 15) is 4.79 Å². The van der Waals surface area contributed by atoms with Crippen molar-refractivity contribution >= 4 is 6.09 Å². The van der Waals surface area contributed by atoms with Crippen molar-refractivity contribution in [3.8, 4) is 0 Å². The Kier molecular flexibility index (Phi) is 3.37. The summed E-state index contributed by atoms with van der Waals surface area (Å²) < 4.78 is 5.27. The molecule has 0 aliphatic carbocycles. The molecular formula is C10H20N2O2. The van der Waals surface area contributed by atoms with Crippen LogP contribution in [0.25, 0.3) is 0 Å². The highest BCUT2D eigenvalue weighted by Gasteiger charge is 2.24. The van der Waals surface area contributed by atoms with Gasteiger partial charge in [0.25, 0.3) is 0 Å². The molecule has 1 heterocycles. The van der Waals surface area contributed by atoms with E-state index in [2.05, 4.69) is 10.2 Å². The second kappa shape index (κ2) is 4.17. The number of hydrogen-bond acceptors (Lipinski definition) is 3. The molecule has 82 valence electrons. The van der Waals surface area contributed by atoms with Crippen LogP contribution in [0.3, 0.4) is 0 Å². The van der Waals surface area contributed by atoms with E-state index in [1.807, 2.05) is 27.8 Å². The molecule has 14 heavy (non-hydrogen) atoms. The molecule has 4 nitrogen and oxygen atoms in total. The Hall–Kier alpha value is -0.770. The second-order valence-electron chi connectivity index (χ2n) is 4.95. The molecule has 1 rings (SSSR count). The van der Waals surface area contributed by atoms with Gasteiger partial charge in [-0.25, -0.2) is 4.79 Å². The summed E-state index contributed by atoms with van der Waals surface area (Å²) in [4.78, 5) is 13.5. The molecule has 1 N–H and O–H groups in total. The van der Waals surface area contributed by atoms with Crippen LogP contribution in [0.4, 0.5) is 4.79 Å². The highest BCUT2D eigenvalue weighted by molar-refractivity contribution is 5.68. The number of rotatable bonds is 1. The molecule has 4 heteroatoms. The number of nitrogens with zero attached hydrogens (tertiary/aromatic N) is 1. The van der Waals surface area contributed by atoms with E-state index in [-0.39, 0.29) is 17.7 Å². The maximum Gasteiger partial charge on any atom is 0.407 e. The predicted molar refractivity (Wildman–Crippen MR) is 55.3 cm³/mol. The summed E-state index contributed by atoms with van der Waals surface area (Å²) in [5, 5.41) is 2.78. The molecular weight excluding hydrogens is 180 g/mol. The Balaban J connectivity index is 2.27. The first kappa shape index (κ1) is 11.3. The van der Waals surface area contributed by atoms with E-state index >= 15 is 0 Å². The Labute approximate surface area is 85.6 Å². The lowest BCUT2D eigenvalue weighted by Gasteiger charge is -2.21. The zero-order valence-corrected chi connectivity index (χ0v) is 9.46. The number of nitrogens with one attached hydrogen (secondary N) is 1. The first-order valence-electron chi connectivity index (χ1n) is 5.04. The van der Waals surface area contributed by atoms with E-state index in [0.29, 0.717) is 0 Å². The van der Waals surface area contributed by atoms with Gasteiger partial charge in [0.2, 0.25) is 0 Å². The number of carbonyl (C=O) groups excluding carboxylic acids is 1. The van der Waals surface area contributed by atoms with E-state index in [1.54, 1.807) is 0 Å². The molecule has 1 fully saturated rings. The van der Waals surface area contributed by atoms with Crippen molar-refractivity contribution in [2.24, 2.45) is 0 Å². The van der Waals surface area contributed by atoms with E-state index in [1.165, 1.54) is 0 Å². The van der Waals surface area contributed by atoms with Gasteiger partial charge >= 0.3 is 6.09 Å². The van der Waals surface area contributed by atoms with Crippen molar-refractivity contribution in [3.63, 3.8) is 0 Å². The van der Waals surface area contributed by atoms with Crippen LogP contribution in [-0.2, 0) is 4.74 Å². The standard InChI is InChI=1S/C10H20N2O2/c1-10(2,3)11-9(13)14-8-5-6-12(4)7-8/h8H,5-7H2,1-4H3,(H,11,13)/t8-/m0/s1. The number of alkyl carbamates (subject to hydrolysis) is 1. The lowest BCUT2D eigenvalue weighted by Crippen LogP contribution is -2.42. The van der Waals surface area contributed by atoms with Crippen LogP contribution < -0.4 is 5.32 Å². The van der Waals surface area contributed by atoms with Crippen LogP contribution in [0.15, 0.2) is 0 Å². The molecule has 0 bridgehead atoms. The second-order valence-corrected chi connectivity index (χ2v) is 4.95. The predicted octanol–water partition coefficient (Wildman–Crippen LogP) is 1.22. The van der Waals surface area contributed by atoms with Crippen molar-refractivity contribution in [2.75, 3.05) is 20.1 Å². The van der Waals surface area contributed by atoms with Gasteiger partial charge in [0.05, 0.1) is 0 Å². The molecule has 1 saturated heterocycles. The van der Waals surface area contributed by atoms with Crippen molar-refractivity contribution < 1.29 is 9.53 Å². The maximum atomic E-state index is 11.4. The fraction of sp³-hybridized carbons (Fsp3) is 0.900. The van der Waals surface area contributed by atoms with Crippen LogP contribution in [0.2, 0.25) is 0 Å². The number of amides is 1. The van der Waals surface area contributed by atoms with Crippen molar-refractivity contribution in [1.82, 2.24) is 10.2 Å². The summed E-state index contributed by atoms with van der Waals surface area (Å²) in [5.41, 5.74) is -0.221.